The molecule has 18 heavy (non-hydrogen) atoms. The molecule has 0 saturated carbocycles. The first-order valence-corrected chi connectivity index (χ1v) is 6.92. The minimum atomic E-state index is 0.143. The average molecular weight is 249 g/mol. The molecule has 1 unspecified atom stereocenters. The maximum Gasteiger partial charge on any atom is 0.119 e. The Morgan fingerprint density at radius 1 is 1.33 bits per heavy atom. The second-order valence-electron chi connectivity index (χ2n) is 4.86. The molecule has 0 amide bonds. The molecule has 0 heterocycles. The molecule has 1 aromatic rings. The summed E-state index contributed by atoms with van der Waals surface area (Å²) >= 11 is 0. The normalized spacial score (nSPS) is 15.4. The van der Waals surface area contributed by atoms with Crippen LogP contribution < -0.4 is 10.1 Å². The van der Waals surface area contributed by atoms with Gasteiger partial charge >= 0.3 is 0 Å². The highest BCUT2D eigenvalue weighted by Crippen LogP contribution is 2.26. The van der Waals surface area contributed by atoms with Crippen LogP contribution in [0.25, 0.3) is 0 Å². The van der Waals surface area contributed by atoms with Crippen LogP contribution >= 0.6 is 0 Å². The van der Waals surface area contributed by atoms with Crippen LogP contribution in [0.4, 0.5) is 0 Å². The summed E-state index contributed by atoms with van der Waals surface area (Å²) in [5, 5.41) is 12.4. The quantitative estimate of drug-likeness (QED) is 0.775. The zero-order valence-corrected chi connectivity index (χ0v) is 11.1. The van der Waals surface area contributed by atoms with Gasteiger partial charge in [0.2, 0.25) is 0 Å². The van der Waals surface area contributed by atoms with Crippen molar-refractivity contribution >= 4 is 0 Å². The molecule has 3 heteroatoms. The largest absolute Gasteiger partial charge is 0.494 e. The van der Waals surface area contributed by atoms with Crippen molar-refractivity contribution < 1.29 is 9.84 Å². The minimum absolute atomic E-state index is 0.143. The zero-order chi connectivity index (χ0) is 12.8. The van der Waals surface area contributed by atoms with Crippen LogP contribution in [0.1, 0.15) is 30.9 Å². The van der Waals surface area contributed by atoms with Crippen LogP contribution in [-0.2, 0) is 12.8 Å². The Balaban J connectivity index is 1.79. The molecule has 3 nitrogen and oxygen atoms in total. The molecule has 2 N–H and O–H groups in total. The number of aliphatic hydroxyl groups is 1. The summed E-state index contributed by atoms with van der Waals surface area (Å²) in [6, 6.07) is 6.56. The van der Waals surface area contributed by atoms with Gasteiger partial charge in [-0.3, -0.25) is 0 Å². The first kappa shape index (κ1) is 13.4. The molecule has 0 bridgehead atoms. The van der Waals surface area contributed by atoms with Crippen LogP contribution in [0.5, 0.6) is 5.75 Å². The third kappa shape index (κ3) is 3.47. The number of benzene rings is 1. The summed E-state index contributed by atoms with van der Waals surface area (Å²) in [7, 11) is 0. The smallest absolute Gasteiger partial charge is 0.119 e. The van der Waals surface area contributed by atoms with Crippen LogP contribution in [0.3, 0.4) is 0 Å². The van der Waals surface area contributed by atoms with E-state index < -0.39 is 0 Å². The number of likely N-dealkylation sites (N-methyl/N-ethyl adjacent to an activating group) is 1. The molecule has 0 aliphatic heterocycles. The zero-order valence-electron chi connectivity index (χ0n) is 11.1. The van der Waals surface area contributed by atoms with Crippen molar-refractivity contribution in [1.82, 2.24) is 5.32 Å². The van der Waals surface area contributed by atoms with Gasteiger partial charge in [-0.05, 0) is 55.5 Å². The lowest BCUT2D eigenvalue weighted by Gasteiger charge is -2.15. The van der Waals surface area contributed by atoms with E-state index in [0.717, 1.165) is 18.7 Å². The van der Waals surface area contributed by atoms with Gasteiger partial charge in [0.05, 0.1) is 13.2 Å². The van der Waals surface area contributed by atoms with Gasteiger partial charge < -0.3 is 15.2 Å². The van der Waals surface area contributed by atoms with Crippen molar-refractivity contribution in [3.8, 4) is 5.75 Å². The molecule has 2 rings (SSSR count). The third-order valence-electron chi connectivity index (χ3n) is 3.52. The number of hydrogen-bond acceptors (Lipinski definition) is 3. The molecule has 0 spiro atoms. The van der Waals surface area contributed by atoms with Crippen molar-refractivity contribution in [2.45, 2.75) is 38.6 Å². The van der Waals surface area contributed by atoms with Crippen LogP contribution in [0.2, 0.25) is 0 Å². The Bertz CT molecular complexity index is 379. The number of nitrogens with one attached hydrogen (secondary N) is 1. The highest BCUT2D eigenvalue weighted by atomic mass is 16.5. The Kier molecular flexibility index (Phi) is 5.02. The lowest BCUT2D eigenvalue weighted by atomic mass is 10.1. The van der Waals surface area contributed by atoms with Crippen LogP contribution in [0.15, 0.2) is 18.2 Å². The monoisotopic (exact) mass is 249 g/mol. The summed E-state index contributed by atoms with van der Waals surface area (Å²) in [6.45, 7) is 3.74. The first-order chi connectivity index (χ1) is 8.83. The van der Waals surface area contributed by atoms with Gasteiger partial charge in [0.25, 0.3) is 0 Å². The van der Waals surface area contributed by atoms with Crippen molar-refractivity contribution in [2.75, 3.05) is 19.8 Å². The molecular weight excluding hydrogens is 226 g/mol. The Morgan fingerprint density at radius 2 is 2.17 bits per heavy atom. The predicted octanol–water partition coefficient (Wildman–Crippen LogP) is 1.91. The standard InChI is InChI=1S/C15H23NO2/c1-2-16-14(11-17)8-9-18-15-7-6-12-4-3-5-13(12)10-15/h6-7,10,14,16-17H,2-5,8-9,11H2,1H3. The maximum absolute atomic E-state index is 9.16. The van der Waals surface area contributed by atoms with Crippen molar-refractivity contribution in [3.63, 3.8) is 0 Å². The van der Waals surface area contributed by atoms with Gasteiger partial charge in [-0.15, -0.1) is 0 Å². The molecule has 1 aromatic carbocycles. The second-order valence-corrected chi connectivity index (χ2v) is 4.86. The van der Waals surface area contributed by atoms with Crippen LogP contribution in [-0.4, -0.2) is 30.9 Å². The molecular formula is C15H23NO2. The number of rotatable bonds is 7. The fourth-order valence-electron chi connectivity index (χ4n) is 2.50. The fourth-order valence-corrected chi connectivity index (χ4v) is 2.50. The molecule has 0 saturated heterocycles. The van der Waals surface area contributed by atoms with E-state index in [4.69, 9.17) is 9.84 Å². The number of aliphatic hydroxyl groups excluding tert-OH is 1. The summed E-state index contributed by atoms with van der Waals surface area (Å²) < 4.78 is 5.76. The van der Waals surface area contributed by atoms with Crippen molar-refractivity contribution in [2.24, 2.45) is 0 Å². The number of hydrogen-bond donors (Lipinski definition) is 2. The van der Waals surface area contributed by atoms with Crippen molar-refractivity contribution in [1.29, 1.82) is 0 Å². The molecule has 1 aliphatic carbocycles. The number of ether oxygens (including phenoxy) is 1. The second kappa shape index (κ2) is 6.76. The summed E-state index contributed by atoms with van der Waals surface area (Å²) in [4.78, 5) is 0. The highest BCUT2D eigenvalue weighted by molar-refractivity contribution is 5.38. The third-order valence-corrected chi connectivity index (χ3v) is 3.52. The van der Waals surface area contributed by atoms with E-state index in [-0.39, 0.29) is 12.6 Å². The van der Waals surface area contributed by atoms with Gasteiger partial charge in [0, 0.05) is 6.04 Å². The van der Waals surface area contributed by atoms with E-state index >= 15 is 0 Å². The van der Waals surface area contributed by atoms with Gasteiger partial charge in [-0.1, -0.05) is 13.0 Å². The highest BCUT2D eigenvalue weighted by Gasteiger charge is 2.11. The number of aryl methyl sites for hydroxylation is 2. The molecule has 0 radical (unpaired) electrons. The van der Waals surface area contributed by atoms with E-state index in [1.54, 1.807) is 0 Å². The average Bonchev–Trinajstić information content (AvgIpc) is 2.85. The van der Waals surface area contributed by atoms with Gasteiger partial charge in [-0.25, -0.2) is 0 Å². The van der Waals surface area contributed by atoms with Crippen LogP contribution in [0, 0.1) is 0 Å². The van der Waals surface area contributed by atoms with E-state index in [9.17, 15) is 0 Å². The SMILES string of the molecule is CCNC(CO)CCOc1ccc2c(c1)CCC2. The fraction of sp³-hybridized carbons (Fsp3) is 0.600. The van der Waals surface area contributed by atoms with E-state index in [1.165, 1.54) is 30.4 Å². The summed E-state index contributed by atoms with van der Waals surface area (Å²) in [5.41, 5.74) is 2.92. The lowest BCUT2D eigenvalue weighted by molar-refractivity contribution is 0.210. The summed E-state index contributed by atoms with van der Waals surface area (Å²) in [5.74, 6) is 0.962. The Hall–Kier alpha value is -1.06. The van der Waals surface area contributed by atoms with Gasteiger partial charge in [0.1, 0.15) is 5.75 Å². The van der Waals surface area contributed by atoms with Crippen molar-refractivity contribution in [3.05, 3.63) is 29.3 Å². The lowest BCUT2D eigenvalue weighted by Crippen LogP contribution is -2.33. The summed E-state index contributed by atoms with van der Waals surface area (Å²) in [6.07, 6.45) is 4.50. The Morgan fingerprint density at radius 3 is 2.94 bits per heavy atom. The number of fused-ring (bicyclic) bond motifs is 1. The van der Waals surface area contributed by atoms with Gasteiger partial charge in [0.15, 0.2) is 0 Å². The van der Waals surface area contributed by atoms with E-state index in [0.29, 0.717) is 6.61 Å². The Labute approximate surface area is 109 Å². The molecule has 1 aliphatic rings. The maximum atomic E-state index is 9.16. The molecule has 0 aromatic heterocycles. The molecule has 100 valence electrons. The van der Waals surface area contributed by atoms with Gasteiger partial charge in [-0.2, -0.15) is 0 Å². The molecule has 0 fully saturated rings. The predicted molar refractivity (Wildman–Crippen MR) is 73.1 cm³/mol. The van der Waals surface area contributed by atoms with E-state index in [1.807, 2.05) is 6.92 Å². The topological polar surface area (TPSA) is 41.5 Å². The molecule has 1 atom stereocenters. The van der Waals surface area contributed by atoms with E-state index in [2.05, 4.69) is 23.5 Å². The first-order valence-electron chi connectivity index (χ1n) is 6.92. The minimum Gasteiger partial charge on any atom is -0.494 e.